The molecule has 3 fully saturated rings. The standard InChI is InChI=1S/C35H43F3N9OP/c1-21-14-28(30(48-3)15-29(21)46-12-8-24(9-13-46)47-19-22-17-45(2)18-23(22)20-47)43-34-41-16-25(35(36,37)38)33(44-34)42-27-7-6-26-31(32(27)49(4)5)40-11-10-39-26/h6-7,10-11,14-16,22-24H,8-9,12-13,17-20H2,1-5H3,(H2,41,42,43,44)/t22-,23+. The van der Waals surface area contributed by atoms with Crippen LogP contribution in [0.1, 0.15) is 24.0 Å². The summed E-state index contributed by atoms with van der Waals surface area (Å²) in [5.74, 6) is 1.84. The first kappa shape index (κ1) is 33.7. The molecule has 260 valence electrons. The molecule has 0 spiro atoms. The SMILES string of the molecule is COc1cc(N2CCC(N3C[C@H]4CN(C)C[C@H]4C3)CC2)c(C)cc1Nc1ncc(C(F)(F)F)c(Nc2ccc3nccnc3c2P(C)C)n1. The number of hydrogen-bond donors (Lipinski definition) is 2. The monoisotopic (exact) mass is 693 g/mol. The van der Waals surface area contributed by atoms with Crippen LogP contribution in [-0.4, -0.2) is 103 Å². The molecule has 0 saturated carbocycles. The number of nitrogens with zero attached hydrogens (tertiary/aromatic N) is 7. The highest BCUT2D eigenvalue weighted by molar-refractivity contribution is 7.65. The van der Waals surface area contributed by atoms with Gasteiger partial charge in [0.2, 0.25) is 5.95 Å². The number of hydrogen-bond acceptors (Lipinski definition) is 10. The fraction of sp³-hybridized carbons (Fsp3) is 0.486. The van der Waals surface area contributed by atoms with Crippen LogP contribution in [-0.2, 0) is 6.18 Å². The Morgan fingerprint density at radius 2 is 1.63 bits per heavy atom. The molecule has 2 aromatic carbocycles. The van der Waals surface area contributed by atoms with Gasteiger partial charge in [-0.05, 0) is 75.7 Å². The fourth-order valence-corrected chi connectivity index (χ4v) is 9.10. The maximum absolute atomic E-state index is 14.2. The van der Waals surface area contributed by atoms with E-state index in [0.717, 1.165) is 60.5 Å². The van der Waals surface area contributed by atoms with Crippen LogP contribution in [0.15, 0.2) is 42.9 Å². The molecule has 0 radical (unpaired) electrons. The normalized spacial score (nSPS) is 20.7. The van der Waals surface area contributed by atoms with Crippen molar-refractivity contribution in [3.05, 3.63) is 54.0 Å². The van der Waals surface area contributed by atoms with Crippen LogP contribution < -0.4 is 25.6 Å². The first-order valence-corrected chi connectivity index (χ1v) is 19.0. The molecule has 5 heterocycles. The molecule has 3 aliphatic rings. The van der Waals surface area contributed by atoms with Gasteiger partial charge in [0.05, 0.1) is 23.8 Å². The van der Waals surface area contributed by atoms with Gasteiger partial charge in [-0.1, -0.05) is 7.92 Å². The van der Waals surface area contributed by atoms with Gasteiger partial charge < -0.3 is 25.2 Å². The number of ether oxygens (including phenoxy) is 1. The van der Waals surface area contributed by atoms with Crippen molar-refractivity contribution < 1.29 is 17.9 Å². The van der Waals surface area contributed by atoms with Crippen LogP contribution in [0.25, 0.3) is 11.0 Å². The van der Waals surface area contributed by atoms with E-state index in [4.69, 9.17) is 4.74 Å². The zero-order valence-electron chi connectivity index (χ0n) is 28.6. The van der Waals surface area contributed by atoms with Crippen molar-refractivity contribution in [1.29, 1.82) is 0 Å². The van der Waals surface area contributed by atoms with Gasteiger partial charge in [-0.25, -0.2) is 4.98 Å². The molecule has 2 N–H and O–H groups in total. The molecular weight excluding hydrogens is 650 g/mol. The lowest BCUT2D eigenvalue weighted by molar-refractivity contribution is -0.137. The van der Waals surface area contributed by atoms with E-state index in [1.165, 1.54) is 26.2 Å². The molecule has 49 heavy (non-hydrogen) atoms. The predicted octanol–water partition coefficient (Wildman–Crippen LogP) is 6.07. The van der Waals surface area contributed by atoms with Crippen LogP contribution in [0.4, 0.5) is 42.0 Å². The van der Waals surface area contributed by atoms with Crippen LogP contribution in [0, 0.1) is 18.8 Å². The van der Waals surface area contributed by atoms with E-state index in [1.54, 1.807) is 31.6 Å². The van der Waals surface area contributed by atoms with E-state index in [9.17, 15) is 13.2 Å². The topological polar surface area (TPSA) is 94.6 Å². The van der Waals surface area contributed by atoms with E-state index in [2.05, 4.69) is 52.3 Å². The minimum absolute atomic E-state index is 0.0146. The van der Waals surface area contributed by atoms with E-state index in [-0.39, 0.29) is 11.8 Å². The quantitative estimate of drug-likeness (QED) is 0.212. The maximum Gasteiger partial charge on any atom is 0.421 e. The van der Waals surface area contributed by atoms with E-state index in [1.807, 2.05) is 32.4 Å². The van der Waals surface area contributed by atoms with Crippen molar-refractivity contribution in [2.24, 2.45) is 11.8 Å². The number of halogens is 3. The van der Waals surface area contributed by atoms with Crippen molar-refractivity contribution in [3.63, 3.8) is 0 Å². The van der Waals surface area contributed by atoms with Crippen molar-refractivity contribution in [1.82, 2.24) is 29.7 Å². The predicted molar refractivity (Wildman–Crippen MR) is 191 cm³/mol. The lowest BCUT2D eigenvalue weighted by Gasteiger charge is -2.39. The van der Waals surface area contributed by atoms with Crippen molar-refractivity contribution in [2.45, 2.75) is 32.0 Å². The molecular formula is C35H43F3N9OP. The Bertz CT molecular complexity index is 1820. The first-order valence-electron chi connectivity index (χ1n) is 16.7. The third kappa shape index (κ3) is 6.85. The van der Waals surface area contributed by atoms with E-state index < -0.39 is 19.7 Å². The number of fused-ring (bicyclic) bond motifs is 2. The van der Waals surface area contributed by atoms with E-state index in [0.29, 0.717) is 34.2 Å². The lowest BCUT2D eigenvalue weighted by Crippen LogP contribution is -2.45. The summed E-state index contributed by atoms with van der Waals surface area (Å²) in [6, 6.07) is 8.05. The summed E-state index contributed by atoms with van der Waals surface area (Å²) >= 11 is 0. The van der Waals surface area contributed by atoms with E-state index >= 15 is 0 Å². The average molecular weight is 694 g/mol. The molecule has 4 aromatic rings. The molecule has 2 atom stereocenters. The fourth-order valence-electron chi connectivity index (χ4n) is 7.89. The van der Waals surface area contributed by atoms with Gasteiger partial charge in [-0.3, -0.25) is 14.9 Å². The molecule has 3 aliphatic heterocycles. The first-order chi connectivity index (χ1) is 23.5. The van der Waals surface area contributed by atoms with Gasteiger partial charge in [0.15, 0.2) is 0 Å². The van der Waals surface area contributed by atoms with Gasteiger partial charge in [-0.15, -0.1) is 0 Å². The number of likely N-dealkylation sites (tertiary alicyclic amines) is 2. The zero-order chi connectivity index (χ0) is 34.4. The molecule has 2 aromatic heterocycles. The number of aromatic nitrogens is 4. The summed E-state index contributed by atoms with van der Waals surface area (Å²) in [5, 5.41) is 6.92. The Morgan fingerprint density at radius 1 is 0.918 bits per heavy atom. The smallest absolute Gasteiger partial charge is 0.421 e. The number of aryl methyl sites for hydroxylation is 1. The molecule has 10 nitrogen and oxygen atoms in total. The molecule has 3 saturated heterocycles. The Kier molecular flexibility index (Phi) is 9.27. The molecule has 7 rings (SSSR count). The van der Waals surface area contributed by atoms with Crippen LogP contribution >= 0.6 is 7.92 Å². The molecule has 0 aliphatic carbocycles. The number of anilines is 5. The Hall–Kier alpha value is -3.80. The minimum Gasteiger partial charge on any atom is -0.494 e. The minimum atomic E-state index is -4.67. The third-order valence-corrected chi connectivity index (χ3v) is 11.5. The third-order valence-electron chi connectivity index (χ3n) is 10.2. The number of methoxy groups -OCH3 is 1. The van der Waals surface area contributed by atoms with Gasteiger partial charge in [0.1, 0.15) is 17.1 Å². The second-order valence-corrected chi connectivity index (χ2v) is 16.0. The largest absolute Gasteiger partial charge is 0.494 e. The van der Waals surface area contributed by atoms with Gasteiger partial charge in [0, 0.05) is 86.6 Å². The maximum atomic E-state index is 14.2. The highest BCUT2D eigenvalue weighted by atomic mass is 31.1. The average Bonchev–Trinajstić information content (AvgIpc) is 3.62. The number of piperidine rings is 1. The Morgan fingerprint density at radius 3 is 2.31 bits per heavy atom. The molecule has 0 bridgehead atoms. The number of benzene rings is 2. The van der Waals surface area contributed by atoms with Crippen molar-refractivity contribution in [3.8, 4) is 5.75 Å². The zero-order valence-corrected chi connectivity index (χ0v) is 29.4. The lowest BCUT2D eigenvalue weighted by atomic mass is 10.0. The van der Waals surface area contributed by atoms with Gasteiger partial charge in [0.25, 0.3) is 0 Å². The highest BCUT2D eigenvalue weighted by Gasteiger charge is 2.41. The summed E-state index contributed by atoms with van der Waals surface area (Å²) in [7, 11) is 3.07. The summed E-state index contributed by atoms with van der Waals surface area (Å²) in [4.78, 5) is 24.9. The second kappa shape index (κ2) is 13.5. The summed E-state index contributed by atoms with van der Waals surface area (Å²) in [5.41, 5.74) is 3.57. The molecule has 0 amide bonds. The Balaban J connectivity index is 1.10. The molecule has 14 heteroatoms. The number of rotatable bonds is 8. The van der Waals surface area contributed by atoms with Gasteiger partial charge in [-0.2, -0.15) is 18.2 Å². The van der Waals surface area contributed by atoms with Crippen molar-refractivity contribution in [2.75, 3.05) is 82.3 Å². The highest BCUT2D eigenvalue weighted by Crippen LogP contribution is 2.40. The molecule has 0 unspecified atom stereocenters. The van der Waals surface area contributed by atoms with Crippen LogP contribution in [0.2, 0.25) is 0 Å². The summed E-state index contributed by atoms with van der Waals surface area (Å²) < 4.78 is 48.4. The van der Waals surface area contributed by atoms with Gasteiger partial charge >= 0.3 is 6.18 Å². The van der Waals surface area contributed by atoms with Crippen LogP contribution in [0.3, 0.4) is 0 Å². The summed E-state index contributed by atoms with van der Waals surface area (Å²) in [6.45, 7) is 12.9. The number of alkyl halides is 3. The second-order valence-electron chi connectivity index (χ2n) is 13.7. The summed E-state index contributed by atoms with van der Waals surface area (Å²) in [6.07, 6.45) is 1.56. The van der Waals surface area contributed by atoms with Crippen LogP contribution in [0.5, 0.6) is 5.75 Å². The number of nitrogens with one attached hydrogen (secondary N) is 2. The van der Waals surface area contributed by atoms with Crippen molar-refractivity contribution >= 4 is 53.1 Å². The Labute approximate surface area is 286 Å².